The summed E-state index contributed by atoms with van der Waals surface area (Å²) in [5, 5.41) is 11.1. The number of hydrogen-bond donors (Lipinski definition) is 1. The lowest BCUT2D eigenvalue weighted by molar-refractivity contribution is 0.317. The lowest BCUT2D eigenvalue weighted by Gasteiger charge is -2.09. The first kappa shape index (κ1) is 13.9. The predicted octanol–water partition coefficient (Wildman–Crippen LogP) is 4.32. The van der Waals surface area contributed by atoms with E-state index in [1.807, 2.05) is 24.3 Å². The summed E-state index contributed by atoms with van der Waals surface area (Å²) < 4.78 is 5.51. The molecule has 0 saturated heterocycles. The first-order chi connectivity index (χ1) is 9.19. The number of halogens is 2. The third-order valence-corrected chi connectivity index (χ3v) is 2.79. The second-order valence-electron chi connectivity index (χ2n) is 3.87. The van der Waals surface area contributed by atoms with Crippen LogP contribution in [0.15, 0.2) is 30.3 Å². The van der Waals surface area contributed by atoms with Crippen molar-refractivity contribution in [2.75, 3.05) is 11.9 Å². The second kappa shape index (κ2) is 6.59. The van der Waals surface area contributed by atoms with E-state index in [0.29, 0.717) is 12.3 Å². The summed E-state index contributed by atoms with van der Waals surface area (Å²) in [6.45, 7) is 2.78. The molecule has 19 heavy (non-hydrogen) atoms. The van der Waals surface area contributed by atoms with Crippen molar-refractivity contribution >= 4 is 34.6 Å². The van der Waals surface area contributed by atoms with Crippen molar-refractivity contribution in [1.82, 2.24) is 10.2 Å². The molecule has 4 nitrogen and oxygen atoms in total. The van der Waals surface area contributed by atoms with E-state index in [9.17, 15) is 0 Å². The fourth-order valence-electron chi connectivity index (χ4n) is 1.45. The van der Waals surface area contributed by atoms with Crippen molar-refractivity contribution in [3.05, 3.63) is 40.6 Å². The SMILES string of the molecule is CCCOc1ccc(Nc2cc(Cl)nnc2Cl)cc1. The number of nitrogens with one attached hydrogen (secondary N) is 1. The van der Waals surface area contributed by atoms with Gasteiger partial charge in [-0.15, -0.1) is 10.2 Å². The number of hydrogen-bond acceptors (Lipinski definition) is 4. The van der Waals surface area contributed by atoms with E-state index in [1.54, 1.807) is 6.07 Å². The van der Waals surface area contributed by atoms with Crippen molar-refractivity contribution in [3.63, 3.8) is 0 Å². The molecular formula is C13H13Cl2N3O. The molecule has 0 fully saturated rings. The van der Waals surface area contributed by atoms with Crippen molar-refractivity contribution < 1.29 is 4.74 Å². The van der Waals surface area contributed by atoms with E-state index >= 15 is 0 Å². The molecule has 0 aliphatic heterocycles. The molecule has 0 aliphatic carbocycles. The van der Waals surface area contributed by atoms with E-state index < -0.39 is 0 Å². The van der Waals surface area contributed by atoms with Crippen LogP contribution < -0.4 is 10.1 Å². The van der Waals surface area contributed by atoms with Crippen LogP contribution in [0.5, 0.6) is 5.75 Å². The molecule has 0 aliphatic rings. The summed E-state index contributed by atoms with van der Waals surface area (Å²) in [4.78, 5) is 0. The van der Waals surface area contributed by atoms with Crippen molar-refractivity contribution in [1.29, 1.82) is 0 Å². The standard InChI is InChI=1S/C13H13Cl2N3O/c1-2-7-19-10-5-3-9(4-6-10)16-11-8-12(14)17-18-13(11)15/h3-6,8H,2,7H2,1H3,(H,16,17). The van der Waals surface area contributed by atoms with Gasteiger partial charge >= 0.3 is 0 Å². The Bertz CT molecular complexity index is 546. The topological polar surface area (TPSA) is 47.0 Å². The average Bonchev–Trinajstić information content (AvgIpc) is 2.42. The second-order valence-corrected chi connectivity index (χ2v) is 4.61. The van der Waals surface area contributed by atoms with E-state index in [4.69, 9.17) is 27.9 Å². The van der Waals surface area contributed by atoms with Gasteiger partial charge in [-0.1, -0.05) is 30.1 Å². The summed E-state index contributed by atoms with van der Waals surface area (Å²) in [5.41, 5.74) is 1.48. The highest BCUT2D eigenvalue weighted by Gasteiger charge is 2.04. The van der Waals surface area contributed by atoms with Gasteiger partial charge in [-0.05, 0) is 30.7 Å². The Morgan fingerprint density at radius 2 is 1.89 bits per heavy atom. The van der Waals surface area contributed by atoms with Crippen LogP contribution in [0.4, 0.5) is 11.4 Å². The largest absolute Gasteiger partial charge is 0.494 e. The monoisotopic (exact) mass is 297 g/mol. The van der Waals surface area contributed by atoms with Gasteiger partial charge in [0.05, 0.1) is 12.3 Å². The lowest BCUT2D eigenvalue weighted by Crippen LogP contribution is -1.96. The van der Waals surface area contributed by atoms with E-state index in [-0.39, 0.29) is 10.3 Å². The Balaban J connectivity index is 2.08. The van der Waals surface area contributed by atoms with Gasteiger partial charge in [0.15, 0.2) is 10.3 Å². The van der Waals surface area contributed by atoms with Gasteiger partial charge in [-0.2, -0.15) is 0 Å². The number of nitrogens with zero attached hydrogens (tertiary/aromatic N) is 2. The molecule has 2 rings (SSSR count). The van der Waals surface area contributed by atoms with Gasteiger partial charge in [0.25, 0.3) is 0 Å². The van der Waals surface area contributed by atoms with Gasteiger partial charge in [-0.3, -0.25) is 0 Å². The molecular weight excluding hydrogens is 285 g/mol. The lowest BCUT2D eigenvalue weighted by atomic mass is 10.3. The minimum Gasteiger partial charge on any atom is -0.494 e. The Labute approximate surface area is 121 Å². The fraction of sp³-hybridized carbons (Fsp3) is 0.231. The van der Waals surface area contributed by atoms with E-state index in [1.165, 1.54) is 0 Å². The molecule has 1 aromatic heterocycles. The third kappa shape index (κ3) is 3.98. The Morgan fingerprint density at radius 3 is 2.58 bits per heavy atom. The molecule has 6 heteroatoms. The molecule has 100 valence electrons. The molecule has 0 spiro atoms. The van der Waals surface area contributed by atoms with Crippen LogP contribution in [0, 0.1) is 0 Å². The molecule has 0 bridgehead atoms. The number of aromatic nitrogens is 2. The third-order valence-electron chi connectivity index (χ3n) is 2.33. The number of rotatable bonds is 5. The molecule has 0 amide bonds. The molecule has 0 unspecified atom stereocenters. The fourth-order valence-corrected chi connectivity index (χ4v) is 1.74. The van der Waals surface area contributed by atoms with Gasteiger partial charge in [0, 0.05) is 11.8 Å². The van der Waals surface area contributed by atoms with Crippen LogP contribution in [-0.2, 0) is 0 Å². The molecule has 0 radical (unpaired) electrons. The molecule has 1 N–H and O–H groups in total. The molecule has 2 aromatic rings. The summed E-state index contributed by atoms with van der Waals surface area (Å²) in [7, 11) is 0. The molecule has 1 heterocycles. The highest BCUT2D eigenvalue weighted by molar-refractivity contribution is 6.33. The van der Waals surface area contributed by atoms with Crippen molar-refractivity contribution in [2.45, 2.75) is 13.3 Å². The smallest absolute Gasteiger partial charge is 0.175 e. The van der Waals surface area contributed by atoms with Crippen LogP contribution in [0.1, 0.15) is 13.3 Å². The van der Waals surface area contributed by atoms with E-state index in [2.05, 4.69) is 22.4 Å². The Morgan fingerprint density at radius 1 is 1.16 bits per heavy atom. The van der Waals surface area contributed by atoms with E-state index in [0.717, 1.165) is 17.9 Å². The maximum Gasteiger partial charge on any atom is 0.175 e. The normalized spacial score (nSPS) is 10.3. The van der Waals surface area contributed by atoms with Gasteiger partial charge in [0.2, 0.25) is 0 Å². The van der Waals surface area contributed by atoms with Crippen LogP contribution in [0.2, 0.25) is 10.3 Å². The predicted molar refractivity (Wildman–Crippen MR) is 77.6 cm³/mol. The zero-order valence-corrected chi connectivity index (χ0v) is 11.9. The van der Waals surface area contributed by atoms with Crippen LogP contribution in [0.25, 0.3) is 0 Å². The minimum absolute atomic E-state index is 0.274. The number of benzene rings is 1. The van der Waals surface area contributed by atoms with Gasteiger partial charge in [-0.25, -0.2) is 0 Å². The highest BCUT2D eigenvalue weighted by Crippen LogP contribution is 2.26. The molecule has 1 aromatic carbocycles. The minimum atomic E-state index is 0.274. The molecule has 0 atom stereocenters. The maximum atomic E-state index is 5.93. The molecule has 0 saturated carbocycles. The zero-order valence-electron chi connectivity index (χ0n) is 10.4. The first-order valence-corrected chi connectivity index (χ1v) is 6.63. The van der Waals surface area contributed by atoms with Crippen LogP contribution in [0.3, 0.4) is 0 Å². The van der Waals surface area contributed by atoms with Gasteiger partial charge < -0.3 is 10.1 Å². The van der Waals surface area contributed by atoms with Crippen molar-refractivity contribution in [3.8, 4) is 5.75 Å². The Hall–Kier alpha value is -1.52. The zero-order chi connectivity index (χ0) is 13.7. The summed E-state index contributed by atoms with van der Waals surface area (Å²) in [6, 6.07) is 9.20. The van der Waals surface area contributed by atoms with Crippen LogP contribution in [-0.4, -0.2) is 16.8 Å². The maximum absolute atomic E-state index is 5.93. The quantitative estimate of drug-likeness (QED) is 0.893. The Kier molecular flexibility index (Phi) is 4.82. The van der Waals surface area contributed by atoms with Crippen molar-refractivity contribution in [2.24, 2.45) is 0 Å². The summed E-state index contributed by atoms with van der Waals surface area (Å²) in [5.74, 6) is 0.837. The van der Waals surface area contributed by atoms with Crippen LogP contribution >= 0.6 is 23.2 Å². The summed E-state index contributed by atoms with van der Waals surface area (Å²) in [6.07, 6.45) is 0.983. The number of ether oxygens (including phenoxy) is 1. The summed E-state index contributed by atoms with van der Waals surface area (Å²) >= 11 is 11.7. The number of anilines is 2. The first-order valence-electron chi connectivity index (χ1n) is 5.87. The highest BCUT2D eigenvalue weighted by atomic mass is 35.5. The average molecular weight is 298 g/mol. The van der Waals surface area contributed by atoms with Gasteiger partial charge in [0.1, 0.15) is 5.75 Å².